The Morgan fingerprint density at radius 1 is 1.23 bits per heavy atom. The van der Waals surface area contributed by atoms with Gasteiger partial charge in [-0.05, 0) is 58.4 Å². The van der Waals surface area contributed by atoms with E-state index in [-0.39, 0.29) is 18.3 Å². The van der Waals surface area contributed by atoms with Crippen LogP contribution in [0.4, 0.5) is 15.8 Å². The normalized spacial score (nSPS) is 10.2. The van der Waals surface area contributed by atoms with Crippen LogP contribution in [0.25, 0.3) is 0 Å². The van der Waals surface area contributed by atoms with Gasteiger partial charge < -0.3 is 15.0 Å². The third kappa shape index (κ3) is 4.46. The van der Waals surface area contributed by atoms with Crippen LogP contribution in [0.3, 0.4) is 0 Å². The zero-order chi connectivity index (χ0) is 16.1. The molecule has 0 bridgehead atoms. The maximum absolute atomic E-state index is 13.0. The molecule has 4 nitrogen and oxygen atoms in total. The first-order chi connectivity index (χ1) is 10.5. The van der Waals surface area contributed by atoms with Crippen LogP contribution in [0.5, 0.6) is 5.75 Å². The highest BCUT2D eigenvalue weighted by Crippen LogP contribution is 2.25. The largest absolute Gasteiger partial charge is 0.483 e. The summed E-state index contributed by atoms with van der Waals surface area (Å²) in [6.45, 7) is -0.153. The molecule has 1 N–H and O–H groups in total. The smallest absolute Gasteiger partial charge is 0.262 e. The maximum atomic E-state index is 13.0. The summed E-state index contributed by atoms with van der Waals surface area (Å²) in [7, 11) is 3.89. The average Bonchev–Trinajstić information content (AvgIpc) is 2.47. The molecule has 0 fully saturated rings. The van der Waals surface area contributed by atoms with Crippen molar-refractivity contribution >= 4 is 33.2 Å². The van der Waals surface area contributed by atoms with E-state index in [9.17, 15) is 9.18 Å². The fourth-order valence-corrected chi connectivity index (χ4v) is 2.24. The van der Waals surface area contributed by atoms with Crippen molar-refractivity contribution in [1.29, 1.82) is 0 Å². The Kier molecular flexibility index (Phi) is 5.38. The van der Waals surface area contributed by atoms with Crippen LogP contribution < -0.4 is 15.0 Å². The molecular weight excluding hydrogens is 351 g/mol. The van der Waals surface area contributed by atoms with Gasteiger partial charge in [0.2, 0.25) is 0 Å². The second-order valence-corrected chi connectivity index (χ2v) is 5.71. The van der Waals surface area contributed by atoms with E-state index in [0.29, 0.717) is 15.9 Å². The van der Waals surface area contributed by atoms with Gasteiger partial charge in [0.1, 0.15) is 11.6 Å². The number of hydrogen-bond donors (Lipinski definition) is 1. The van der Waals surface area contributed by atoms with Gasteiger partial charge >= 0.3 is 0 Å². The standard InChI is InChI=1S/C16H16BrFN2O2/c1-20(2)13-6-4-12(5-7-13)19-16(21)10-22-15-8-3-11(18)9-14(15)17/h3-9H,10H2,1-2H3,(H,19,21). The molecule has 2 rings (SSSR count). The number of carbonyl (C=O) groups is 1. The van der Waals surface area contributed by atoms with Gasteiger partial charge in [-0.2, -0.15) is 0 Å². The summed E-state index contributed by atoms with van der Waals surface area (Å²) < 4.78 is 18.8. The minimum absolute atomic E-state index is 0.153. The van der Waals surface area contributed by atoms with E-state index >= 15 is 0 Å². The molecule has 22 heavy (non-hydrogen) atoms. The molecule has 0 unspecified atom stereocenters. The molecule has 0 atom stereocenters. The Morgan fingerprint density at radius 2 is 1.91 bits per heavy atom. The lowest BCUT2D eigenvalue weighted by atomic mass is 10.2. The zero-order valence-corrected chi connectivity index (χ0v) is 13.9. The van der Waals surface area contributed by atoms with Gasteiger partial charge in [0, 0.05) is 25.5 Å². The number of halogens is 2. The van der Waals surface area contributed by atoms with Crippen LogP contribution in [0, 0.1) is 5.82 Å². The van der Waals surface area contributed by atoms with Crippen LogP contribution in [-0.4, -0.2) is 26.6 Å². The highest BCUT2D eigenvalue weighted by Gasteiger charge is 2.07. The van der Waals surface area contributed by atoms with Crippen molar-refractivity contribution in [3.05, 3.63) is 52.8 Å². The number of rotatable bonds is 5. The Balaban J connectivity index is 1.90. The molecule has 0 spiro atoms. The van der Waals surface area contributed by atoms with Crippen LogP contribution in [-0.2, 0) is 4.79 Å². The summed E-state index contributed by atoms with van der Waals surface area (Å²) in [5.74, 6) is -0.238. The number of benzene rings is 2. The third-order valence-electron chi connectivity index (χ3n) is 2.92. The SMILES string of the molecule is CN(C)c1ccc(NC(=O)COc2ccc(F)cc2Br)cc1. The van der Waals surface area contributed by atoms with Crippen LogP contribution in [0.15, 0.2) is 46.9 Å². The minimum atomic E-state index is -0.371. The Hall–Kier alpha value is -2.08. The predicted octanol–water partition coefficient (Wildman–Crippen LogP) is 3.67. The molecule has 6 heteroatoms. The molecule has 116 valence electrons. The average molecular weight is 367 g/mol. The molecule has 0 saturated carbocycles. The number of carbonyl (C=O) groups excluding carboxylic acids is 1. The van der Waals surface area contributed by atoms with Crippen molar-refractivity contribution in [1.82, 2.24) is 0 Å². The van der Waals surface area contributed by atoms with Crippen molar-refractivity contribution in [2.45, 2.75) is 0 Å². The van der Waals surface area contributed by atoms with Crippen molar-refractivity contribution in [2.24, 2.45) is 0 Å². The number of anilines is 2. The van der Waals surface area contributed by atoms with Crippen molar-refractivity contribution < 1.29 is 13.9 Å². The van der Waals surface area contributed by atoms with Gasteiger partial charge in [-0.25, -0.2) is 4.39 Å². The molecule has 0 radical (unpaired) electrons. The highest BCUT2D eigenvalue weighted by atomic mass is 79.9. The number of amides is 1. The molecule has 0 saturated heterocycles. The Labute approximate surface area is 137 Å². The minimum Gasteiger partial charge on any atom is -0.483 e. The van der Waals surface area contributed by atoms with E-state index in [1.807, 2.05) is 43.3 Å². The zero-order valence-electron chi connectivity index (χ0n) is 12.3. The highest BCUT2D eigenvalue weighted by molar-refractivity contribution is 9.10. The van der Waals surface area contributed by atoms with E-state index in [1.165, 1.54) is 18.2 Å². The lowest BCUT2D eigenvalue weighted by Crippen LogP contribution is -2.20. The van der Waals surface area contributed by atoms with Crippen LogP contribution in [0.2, 0.25) is 0 Å². The van der Waals surface area contributed by atoms with E-state index in [0.717, 1.165) is 5.69 Å². The monoisotopic (exact) mass is 366 g/mol. The molecule has 0 aliphatic carbocycles. The summed E-state index contributed by atoms with van der Waals surface area (Å²) >= 11 is 3.18. The molecule has 0 aromatic heterocycles. The molecule has 2 aromatic carbocycles. The third-order valence-corrected chi connectivity index (χ3v) is 3.54. The molecule has 0 aliphatic rings. The molecular formula is C16H16BrFN2O2. The van der Waals surface area contributed by atoms with Crippen molar-refractivity contribution in [3.8, 4) is 5.75 Å². The van der Waals surface area contributed by atoms with E-state index in [4.69, 9.17) is 4.74 Å². The van der Waals surface area contributed by atoms with Gasteiger partial charge in [-0.3, -0.25) is 4.79 Å². The Bertz CT molecular complexity index is 660. The molecule has 2 aromatic rings. The van der Waals surface area contributed by atoms with E-state index < -0.39 is 0 Å². The summed E-state index contributed by atoms with van der Waals surface area (Å²) in [4.78, 5) is 13.8. The molecule has 1 amide bonds. The van der Waals surface area contributed by atoms with Crippen molar-refractivity contribution in [3.63, 3.8) is 0 Å². The van der Waals surface area contributed by atoms with Gasteiger partial charge in [-0.1, -0.05) is 0 Å². The number of hydrogen-bond acceptors (Lipinski definition) is 3. The second-order valence-electron chi connectivity index (χ2n) is 4.85. The van der Waals surface area contributed by atoms with E-state index in [2.05, 4.69) is 21.2 Å². The maximum Gasteiger partial charge on any atom is 0.262 e. The Morgan fingerprint density at radius 3 is 2.50 bits per heavy atom. The topological polar surface area (TPSA) is 41.6 Å². The fraction of sp³-hybridized carbons (Fsp3) is 0.188. The summed E-state index contributed by atoms with van der Waals surface area (Å²) in [6, 6.07) is 11.5. The van der Waals surface area contributed by atoms with Crippen molar-refractivity contribution in [2.75, 3.05) is 30.9 Å². The predicted molar refractivity (Wildman–Crippen MR) is 89.0 cm³/mol. The number of nitrogens with one attached hydrogen (secondary N) is 1. The first-order valence-electron chi connectivity index (χ1n) is 6.61. The lowest BCUT2D eigenvalue weighted by Gasteiger charge is -2.13. The summed E-state index contributed by atoms with van der Waals surface area (Å²) in [5.41, 5.74) is 1.74. The van der Waals surface area contributed by atoms with Gasteiger partial charge in [-0.15, -0.1) is 0 Å². The molecule has 0 aliphatic heterocycles. The second kappa shape index (κ2) is 7.26. The summed E-state index contributed by atoms with van der Waals surface area (Å²) in [6.07, 6.45) is 0. The van der Waals surface area contributed by atoms with Gasteiger partial charge in [0.15, 0.2) is 6.61 Å². The quantitative estimate of drug-likeness (QED) is 0.877. The number of nitrogens with zero attached hydrogens (tertiary/aromatic N) is 1. The summed E-state index contributed by atoms with van der Waals surface area (Å²) in [5, 5.41) is 2.74. The number of ether oxygens (including phenoxy) is 1. The lowest BCUT2D eigenvalue weighted by molar-refractivity contribution is -0.118. The van der Waals surface area contributed by atoms with Gasteiger partial charge in [0.05, 0.1) is 4.47 Å². The van der Waals surface area contributed by atoms with Crippen LogP contribution >= 0.6 is 15.9 Å². The van der Waals surface area contributed by atoms with E-state index in [1.54, 1.807) is 0 Å². The van der Waals surface area contributed by atoms with Crippen LogP contribution in [0.1, 0.15) is 0 Å². The van der Waals surface area contributed by atoms with Gasteiger partial charge in [0.25, 0.3) is 5.91 Å². The fourth-order valence-electron chi connectivity index (χ4n) is 1.78. The first kappa shape index (κ1) is 16.3. The first-order valence-corrected chi connectivity index (χ1v) is 7.40. The molecule has 0 heterocycles.